The summed E-state index contributed by atoms with van der Waals surface area (Å²) >= 11 is 0. The Balaban J connectivity index is 2.15. The van der Waals surface area contributed by atoms with Crippen LogP contribution < -0.4 is 10.1 Å². The summed E-state index contributed by atoms with van der Waals surface area (Å²) in [6.07, 6.45) is 0.874. The highest BCUT2D eigenvalue weighted by molar-refractivity contribution is 6.04. The Labute approximate surface area is 125 Å². The number of carbonyl (C=O) groups excluding carboxylic acids is 1. The Bertz CT molecular complexity index is 573. The van der Waals surface area contributed by atoms with Crippen molar-refractivity contribution in [2.24, 2.45) is 5.16 Å². The highest BCUT2D eigenvalue weighted by Gasteiger charge is 2.25. The van der Waals surface area contributed by atoms with Gasteiger partial charge in [0.1, 0.15) is 5.75 Å². The molecule has 5 heteroatoms. The third kappa shape index (κ3) is 3.54. The van der Waals surface area contributed by atoms with E-state index in [-0.39, 0.29) is 11.4 Å². The second kappa shape index (κ2) is 5.76. The molecule has 21 heavy (non-hydrogen) atoms. The number of rotatable bonds is 3. The standard InChI is InChI=1S/C16H22N2O3/c1-10(15(19)17-16(2,3)4)21-14-7-5-6-11-12(14)8-9-13(11)18-20/h5-7,10,20H,8-9H2,1-4H3,(H,17,19). The van der Waals surface area contributed by atoms with Gasteiger partial charge in [-0.05, 0) is 46.6 Å². The van der Waals surface area contributed by atoms with Crippen molar-refractivity contribution in [1.29, 1.82) is 0 Å². The van der Waals surface area contributed by atoms with E-state index in [0.29, 0.717) is 17.9 Å². The van der Waals surface area contributed by atoms with Crippen molar-refractivity contribution in [2.45, 2.75) is 52.2 Å². The number of nitrogens with one attached hydrogen (secondary N) is 1. The molecule has 114 valence electrons. The summed E-state index contributed by atoms with van der Waals surface area (Å²) in [4.78, 5) is 12.1. The van der Waals surface area contributed by atoms with Gasteiger partial charge in [0.2, 0.25) is 0 Å². The van der Waals surface area contributed by atoms with Crippen LogP contribution in [0.3, 0.4) is 0 Å². The van der Waals surface area contributed by atoms with Crippen LogP contribution in [0.1, 0.15) is 45.2 Å². The maximum absolute atomic E-state index is 12.1. The van der Waals surface area contributed by atoms with Gasteiger partial charge in [-0.15, -0.1) is 0 Å². The minimum atomic E-state index is -0.578. The fourth-order valence-corrected chi connectivity index (χ4v) is 2.40. The van der Waals surface area contributed by atoms with Crippen molar-refractivity contribution in [3.05, 3.63) is 29.3 Å². The maximum Gasteiger partial charge on any atom is 0.261 e. The predicted octanol–water partition coefficient (Wildman–Crippen LogP) is 2.49. The smallest absolute Gasteiger partial charge is 0.261 e. The summed E-state index contributed by atoms with van der Waals surface area (Å²) in [5.74, 6) is 0.539. The molecule has 5 nitrogen and oxygen atoms in total. The van der Waals surface area contributed by atoms with Crippen LogP contribution in [0.15, 0.2) is 23.4 Å². The Kier molecular flexibility index (Phi) is 4.21. The van der Waals surface area contributed by atoms with Gasteiger partial charge in [-0.3, -0.25) is 4.79 Å². The van der Waals surface area contributed by atoms with Crippen molar-refractivity contribution < 1.29 is 14.7 Å². The van der Waals surface area contributed by atoms with E-state index in [4.69, 9.17) is 9.94 Å². The van der Waals surface area contributed by atoms with Crippen LogP contribution in [0.5, 0.6) is 5.75 Å². The van der Waals surface area contributed by atoms with Gasteiger partial charge in [0, 0.05) is 16.7 Å². The number of oxime groups is 1. The van der Waals surface area contributed by atoms with Crippen LogP contribution in [0.25, 0.3) is 0 Å². The Morgan fingerprint density at radius 3 is 2.71 bits per heavy atom. The molecular weight excluding hydrogens is 268 g/mol. The highest BCUT2D eigenvalue weighted by Crippen LogP contribution is 2.31. The van der Waals surface area contributed by atoms with E-state index < -0.39 is 6.10 Å². The molecule has 2 N–H and O–H groups in total. The number of nitrogens with zero attached hydrogens (tertiary/aromatic N) is 1. The van der Waals surface area contributed by atoms with E-state index in [1.54, 1.807) is 6.92 Å². The maximum atomic E-state index is 12.1. The number of fused-ring (bicyclic) bond motifs is 1. The van der Waals surface area contributed by atoms with Crippen molar-refractivity contribution >= 4 is 11.6 Å². The summed E-state index contributed by atoms with van der Waals surface area (Å²) in [6, 6.07) is 5.60. The van der Waals surface area contributed by atoms with Gasteiger partial charge >= 0.3 is 0 Å². The number of carbonyl (C=O) groups is 1. The molecule has 1 aromatic carbocycles. The molecule has 0 heterocycles. The molecule has 0 spiro atoms. The molecule has 0 saturated heterocycles. The third-order valence-corrected chi connectivity index (χ3v) is 3.35. The zero-order valence-electron chi connectivity index (χ0n) is 12.9. The summed E-state index contributed by atoms with van der Waals surface area (Å²) < 4.78 is 5.81. The van der Waals surface area contributed by atoms with Gasteiger partial charge in [-0.2, -0.15) is 0 Å². The Morgan fingerprint density at radius 1 is 1.38 bits per heavy atom. The SMILES string of the molecule is CC(Oc1cccc2c1CCC2=NO)C(=O)NC(C)(C)C. The van der Waals surface area contributed by atoms with E-state index in [0.717, 1.165) is 17.5 Å². The quantitative estimate of drug-likeness (QED) is 0.663. The Hall–Kier alpha value is -2.04. The van der Waals surface area contributed by atoms with Crippen LogP contribution in [-0.4, -0.2) is 28.5 Å². The minimum Gasteiger partial charge on any atom is -0.481 e. The molecule has 1 aliphatic carbocycles. The molecule has 0 aliphatic heterocycles. The first-order chi connectivity index (χ1) is 9.81. The average Bonchev–Trinajstić information content (AvgIpc) is 2.80. The van der Waals surface area contributed by atoms with Gasteiger partial charge < -0.3 is 15.3 Å². The summed E-state index contributed by atoms with van der Waals surface area (Å²) in [7, 11) is 0. The van der Waals surface area contributed by atoms with Gasteiger partial charge in [0.15, 0.2) is 6.10 Å². The van der Waals surface area contributed by atoms with Crippen LogP contribution in [0.4, 0.5) is 0 Å². The lowest BCUT2D eigenvalue weighted by Crippen LogP contribution is -2.46. The zero-order valence-corrected chi connectivity index (χ0v) is 12.9. The molecule has 0 bridgehead atoms. The number of amides is 1. The van der Waals surface area contributed by atoms with Crippen LogP contribution in [-0.2, 0) is 11.2 Å². The molecule has 1 atom stereocenters. The zero-order chi connectivity index (χ0) is 15.6. The lowest BCUT2D eigenvalue weighted by atomic mass is 10.1. The normalized spacial score (nSPS) is 17.4. The van der Waals surface area contributed by atoms with Crippen LogP contribution in [0.2, 0.25) is 0 Å². The van der Waals surface area contributed by atoms with Gasteiger partial charge in [-0.25, -0.2) is 0 Å². The molecular formula is C16H22N2O3. The molecule has 1 aromatic rings. The third-order valence-electron chi connectivity index (χ3n) is 3.35. The topological polar surface area (TPSA) is 70.9 Å². The van der Waals surface area contributed by atoms with E-state index >= 15 is 0 Å². The molecule has 0 saturated carbocycles. The lowest BCUT2D eigenvalue weighted by molar-refractivity contribution is -0.128. The summed E-state index contributed by atoms with van der Waals surface area (Å²) in [5.41, 5.74) is 2.28. The first-order valence-electron chi connectivity index (χ1n) is 7.13. The van der Waals surface area contributed by atoms with Gasteiger partial charge in [0.05, 0.1) is 5.71 Å². The number of benzene rings is 1. The van der Waals surface area contributed by atoms with Crippen molar-refractivity contribution in [3.63, 3.8) is 0 Å². The second-order valence-electron chi connectivity index (χ2n) is 6.33. The van der Waals surface area contributed by atoms with Crippen LogP contribution in [0, 0.1) is 0 Å². The number of ether oxygens (including phenoxy) is 1. The van der Waals surface area contributed by atoms with Crippen LogP contribution >= 0.6 is 0 Å². The van der Waals surface area contributed by atoms with Gasteiger partial charge in [0.25, 0.3) is 5.91 Å². The van der Waals surface area contributed by atoms with E-state index in [1.165, 1.54) is 0 Å². The minimum absolute atomic E-state index is 0.144. The molecule has 0 aromatic heterocycles. The van der Waals surface area contributed by atoms with Crippen molar-refractivity contribution in [2.75, 3.05) is 0 Å². The fourth-order valence-electron chi connectivity index (χ4n) is 2.40. The second-order valence-corrected chi connectivity index (χ2v) is 6.33. The van der Waals surface area contributed by atoms with Crippen molar-refractivity contribution in [1.82, 2.24) is 5.32 Å². The molecule has 0 fully saturated rings. The number of hydrogen-bond acceptors (Lipinski definition) is 4. The van der Waals surface area contributed by atoms with E-state index in [2.05, 4.69) is 10.5 Å². The molecule has 1 unspecified atom stereocenters. The lowest BCUT2D eigenvalue weighted by Gasteiger charge is -2.24. The predicted molar refractivity (Wildman–Crippen MR) is 81.1 cm³/mol. The molecule has 1 aliphatic rings. The summed E-state index contributed by atoms with van der Waals surface area (Å²) in [6.45, 7) is 7.53. The van der Waals surface area contributed by atoms with E-state index in [1.807, 2.05) is 39.0 Å². The first kappa shape index (κ1) is 15.4. The first-order valence-corrected chi connectivity index (χ1v) is 7.13. The summed E-state index contributed by atoms with van der Waals surface area (Å²) in [5, 5.41) is 15.2. The number of hydrogen-bond donors (Lipinski definition) is 2. The van der Waals surface area contributed by atoms with Crippen molar-refractivity contribution in [3.8, 4) is 5.75 Å². The highest BCUT2D eigenvalue weighted by atomic mass is 16.5. The largest absolute Gasteiger partial charge is 0.481 e. The van der Waals surface area contributed by atoms with Gasteiger partial charge in [-0.1, -0.05) is 17.3 Å². The fraction of sp³-hybridized carbons (Fsp3) is 0.500. The molecule has 0 radical (unpaired) electrons. The molecule has 2 rings (SSSR count). The monoisotopic (exact) mass is 290 g/mol. The average molecular weight is 290 g/mol. The Morgan fingerprint density at radius 2 is 2.10 bits per heavy atom. The van der Waals surface area contributed by atoms with E-state index in [9.17, 15) is 4.79 Å². The molecule has 1 amide bonds.